The number of aliphatic carboxylic acids is 1. The number of carbonyl (C=O) groups is 5. The van der Waals surface area contributed by atoms with Gasteiger partial charge in [0.05, 0.1) is 12.6 Å². The molecule has 0 aromatic heterocycles. The lowest BCUT2D eigenvalue weighted by molar-refractivity contribution is -0.142. The third kappa shape index (κ3) is 11.3. The number of hydrogen-bond acceptors (Lipinski definition) is 7. The van der Waals surface area contributed by atoms with Crippen molar-refractivity contribution in [2.45, 2.75) is 43.8 Å². The van der Waals surface area contributed by atoms with Crippen molar-refractivity contribution in [1.82, 2.24) is 16.0 Å². The molecule has 0 saturated heterocycles. The molecule has 0 bridgehead atoms. The van der Waals surface area contributed by atoms with E-state index in [1.807, 2.05) is 6.26 Å². The van der Waals surface area contributed by atoms with Crippen LogP contribution in [0.3, 0.4) is 0 Å². The molecule has 3 atom stereocenters. The van der Waals surface area contributed by atoms with E-state index in [-0.39, 0.29) is 19.3 Å². The van der Waals surface area contributed by atoms with E-state index in [1.54, 1.807) is 42.1 Å². The molecule has 0 aliphatic heterocycles. The summed E-state index contributed by atoms with van der Waals surface area (Å²) in [5.41, 5.74) is 11.6. The molecule has 182 valence electrons. The van der Waals surface area contributed by atoms with Crippen molar-refractivity contribution in [3.05, 3.63) is 35.9 Å². The lowest BCUT2D eigenvalue weighted by Gasteiger charge is -2.22. The zero-order valence-corrected chi connectivity index (χ0v) is 19.2. The van der Waals surface area contributed by atoms with Crippen molar-refractivity contribution in [3.63, 3.8) is 0 Å². The maximum atomic E-state index is 12.8. The molecule has 0 spiro atoms. The minimum Gasteiger partial charge on any atom is -0.480 e. The van der Waals surface area contributed by atoms with E-state index in [0.717, 1.165) is 5.56 Å². The van der Waals surface area contributed by atoms with E-state index in [2.05, 4.69) is 16.0 Å². The average molecular weight is 482 g/mol. The van der Waals surface area contributed by atoms with Crippen LogP contribution in [0.1, 0.15) is 24.8 Å². The first-order valence-corrected chi connectivity index (χ1v) is 11.7. The summed E-state index contributed by atoms with van der Waals surface area (Å²) in [6.07, 6.45) is 2.01. The number of nitrogens with two attached hydrogens (primary N) is 2. The van der Waals surface area contributed by atoms with Crippen molar-refractivity contribution in [1.29, 1.82) is 0 Å². The number of primary amides is 1. The molecule has 33 heavy (non-hydrogen) atoms. The van der Waals surface area contributed by atoms with Gasteiger partial charge in [-0.3, -0.25) is 19.2 Å². The fourth-order valence-electron chi connectivity index (χ4n) is 2.80. The van der Waals surface area contributed by atoms with Gasteiger partial charge < -0.3 is 32.5 Å². The van der Waals surface area contributed by atoms with Crippen LogP contribution < -0.4 is 27.4 Å². The van der Waals surface area contributed by atoms with Crippen LogP contribution in [0.25, 0.3) is 0 Å². The van der Waals surface area contributed by atoms with Crippen LogP contribution in [-0.2, 0) is 30.4 Å². The zero-order valence-electron chi connectivity index (χ0n) is 18.4. The van der Waals surface area contributed by atoms with Crippen molar-refractivity contribution in [2.75, 3.05) is 18.6 Å². The van der Waals surface area contributed by atoms with Gasteiger partial charge in [-0.25, -0.2) is 4.79 Å². The number of benzene rings is 1. The van der Waals surface area contributed by atoms with Crippen LogP contribution in [-0.4, -0.2) is 71.4 Å². The number of nitrogens with one attached hydrogen (secondary N) is 3. The molecule has 1 aromatic carbocycles. The van der Waals surface area contributed by atoms with E-state index < -0.39 is 54.3 Å². The Morgan fingerprint density at radius 2 is 1.67 bits per heavy atom. The predicted molar refractivity (Wildman–Crippen MR) is 124 cm³/mol. The molecule has 1 rings (SSSR count). The molecule has 0 saturated carbocycles. The number of carboxylic acid groups (broad SMARTS) is 1. The van der Waals surface area contributed by atoms with E-state index in [4.69, 9.17) is 11.5 Å². The van der Waals surface area contributed by atoms with E-state index in [0.29, 0.717) is 12.2 Å². The van der Waals surface area contributed by atoms with E-state index >= 15 is 0 Å². The van der Waals surface area contributed by atoms with Crippen LogP contribution in [0.5, 0.6) is 0 Å². The highest BCUT2D eigenvalue weighted by atomic mass is 32.2. The van der Waals surface area contributed by atoms with Gasteiger partial charge in [-0.15, -0.1) is 0 Å². The standard InChI is InChI=1S/C21H31N5O6S/c1-33-10-9-14(22)19(29)24-12-18(28)25-16(11-13-5-3-2-4-6-13)20(30)26-15(21(31)32)7-8-17(23)27/h2-6,14-16H,7-12,22H2,1H3,(H2,23,27)(H,24,29)(H,25,28)(H,26,30)(H,31,32). The molecule has 12 heteroatoms. The monoisotopic (exact) mass is 481 g/mol. The second-order valence-electron chi connectivity index (χ2n) is 7.32. The van der Waals surface area contributed by atoms with Crippen molar-refractivity contribution >= 4 is 41.4 Å². The summed E-state index contributed by atoms with van der Waals surface area (Å²) in [4.78, 5) is 59.6. The second-order valence-corrected chi connectivity index (χ2v) is 8.31. The Kier molecular flexibility index (Phi) is 12.6. The number of carbonyl (C=O) groups excluding carboxylic acids is 4. The summed E-state index contributed by atoms with van der Waals surface area (Å²) in [5.74, 6) is -3.20. The van der Waals surface area contributed by atoms with Gasteiger partial charge in [0.15, 0.2) is 0 Å². The Bertz CT molecular complexity index is 823. The summed E-state index contributed by atoms with van der Waals surface area (Å²) >= 11 is 1.54. The molecular formula is C21H31N5O6S. The Hall–Kier alpha value is -3.12. The summed E-state index contributed by atoms with van der Waals surface area (Å²) in [6, 6.07) is 5.59. The zero-order chi connectivity index (χ0) is 24.8. The maximum absolute atomic E-state index is 12.8. The van der Waals surface area contributed by atoms with Crippen molar-refractivity contribution < 1.29 is 29.1 Å². The molecular weight excluding hydrogens is 450 g/mol. The summed E-state index contributed by atoms with van der Waals surface area (Å²) in [7, 11) is 0. The largest absolute Gasteiger partial charge is 0.480 e. The molecule has 4 amide bonds. The number of amides is 4. The number of thioether (sulfide) groups is 1. The normalized spacial score (nSPS) is 13.3. The minimum absolute atomic E-state index is 0.0851. The second kappa shape index (κ2) is 14.9. The van der Waals surface area contributed by atoms with Gasteiger partial charge >= 0.3 is 5.97 Å². The minimum atomic E-state index is -1.35. The molecule has 1 aromatic rings. The fourth-order valence-corrected chi connectivity index (χ4v) is 3.28. The van der Waals surface area contributed by atoms with Gasteiger partial charge in [0.2, 0.25) is 23.6 Å². The smallest absolute Gasteiger partial charge is 0.326 e. The summed E-state index contributed by atoms with van der Waals surface area (Å²) in [6.45, 7) is -0.394. The SMILES string of the molecule is CSCCC(N)C(=O)NCC(=O)NC(Cc1ccccc1)C(=O)NC(CCC(N)=O)C(=O)O. The quantitative estimate of drug-likeness (QED) is 0.179. The van der Waals surface area contributed by atoms with Crippen LogP contribution in [0.15, 0.2) is 30.3 Å². The molecule has 0 aliphatic carbocycles. The number of carboxylic acids is 1. The van der Waals surface area contributed by atoms with Gasteiger partial charge in [0, 0.05) is 12.8 Å². The van der Waals surface area contributed by atoms with Crippen LogP contribution in [0, 0.1) is 0 Å². The molecule has 0 heterocycles. The lowest BCUT2D eigenvalue weighted by Crippen LogP contribution is -2.54. The third-order valence-electron chi connectivity index (χ3n) is 4.62. The lowest BCUT2D eigenvalue weighted by atomic mass is 10.0. The van der Waals surface area contributed by atoms with Gasteiger partial charge in [-0.05, 0) is 30.4 Å². The molecule has 8 N–H and O–H groups in total. The molecule has 3 unspecified atom stereocenters. The van der Waals surface area contributed by atoms with Crippen LogP contribution >= 0.6 is 11.8 Å². The average Bonchev–Trinajstić information content (AvgIpc) is 2.78. The van der Waals surface area contributed by atoms with Crippen molar-refractivity contribution in [2.24, 2.45) is 11.5 Å². The summed E-state index contributed by atoms with van der Waals surface area (Å²) < 4.78 is 0. The fraction of sp³-hybridized carbons (Fsp3) is 0.476. The first-order valence-electron chi connectivity index (χ1n) is 10.3. The van der Waals surface area contributed by atoms with Crippen molar-refractivity contribution in [3.8, 4) is 0 Å². The van der Waals surface area contributed by atoms with Crippen LogP contribution in [0.2, 0.25) is 0 Å². The molecule has 11 nitrogen and oxygen atoms in total. The predicted octanol–water partition coefficient (Wildman–Crippen LogP) is -1.25. The highest BCUT2D eigenvalue weighted by Crippen LogP contribution is 2.06. The van der Waals surface area contributed by atoms with Crippen LogP contribution in [0.4, 0.5) is 0 Å². The first kappa shape index (κ1) is 27.9. The van der Waals surface area contributed by atoms with Gasteiger partial charge in [-0.2, -0.15) is 11.8 Å². The van der Waals surface area contributed by atoms with Gasteiger partial charge in [0.1, 0.15) is 12.1 Å². The Morgan fingerprint density at radius 1 is 1.00 bits per heavy atom. The van der Waals surface area contributed by atoms with E-state index in [1.165, 1.54) is 0 Å². The van der Waals surface area contributed by atoms with E-state index in [9.17, 15) is 29.1 Å². The first-order chi connectivity index (χ1) is 15.6. The Balaban J connectivity index is 2.81. The number of hydrogen-bond donors (Lipinski definition) is 6. The Labute approximate surface area is 196 Å². The summed E-state index contributed by atoms with van der Waals surface area (Å²) in [5, 5.41) is 16.6. The molecule has 0 radical (unpaired) electrons. The van der Waals surface area contributed by atoms with Gasteiger partial charge in [0.25, 0.3) is 0 Å². The number of rotatable bonds is 15. The Morgan fingerprint density at radius 3 is 2.24 bits per heavy atom. The highest BCUT2D eigenvalue weighted by Gasteiger charge is 2.27. The maximum Gasteiger partial charge on any atom is 0.326 e. The topological polar surface area (TPSA) is 194 Å². The third-order valence-corrected chi connectivity index (χ3v) is 5.27. The molecule has 0 aliphatic rings. The molecule has 0 fully saturated rings. The highest BCUT2D eigenvalue weighted by molar-refractivity contribution is 7.98. The van der Waals surface area contributed by atoms with Gasteiger partial charge in [-0.1, -0.05) is 30.3 Å².